The summed E-state index contributed by atoms with van der Waals surface area (Å²) in [6, 6.07) is 4.29. The van der Waals surface area contributed by atoms with Gasteiger partial charge in [-0.15, -0.1) is 0 Å². The summed E-state index contributed by atoms with van der Waals surface area (Å²) in [7, 11) is 0. The average Bonchev–Trinajstić information content (AvgIpc) is 2.90. The minimum Gasteiger partial charge on any atom is -0.311 e. The zero-order valence-electron chi connectivity index (χ0n) is 12.3. The summed E-state index contributed by atoms with van der Waals surface area (Å²) in [6.07, 6.45) is 11.4. The van der Waals surface area contributed by atoms with Crippen LogP contribution in [0, 0.1) is 5.92 Å². The molecule has 2 unspecified atom stereocenters. The molecule has 1 N–H and O–H groups in total. The highest BCUT2D eigenvalue weighted by Gasteiger charge is 2.25. The van der Waals surface area contributed by atoms with Gasteiger partial charge in [-0.05, 0) is 51.0 Å². The predicted molar refractivity (Wildman–Crippen MR) is 78.2 cm³/mol. The maximum atomic E-state index is 4.80. The number of aromatic nitrogens is 2. The van der Waals surface area contributed by atoms with Gasteiger partial charge in [0.15, 0.2) is 0 Å². The molecule has 2 saturated carbocycles. The molecule has 2 atom stereocenters. The second kappa shape index (κ2) is 5.66. The van der Waals surface area contributed by atoms with Gasteiger partial charge in [0.25, 0.3) is 0 Å². The van der Waals surface area contributed by atoms with Crippen molar-refractivity contribution in [3.63, 3.8) is 0 Å². The highest BCUT2D eigenvalue weighted by Crippen LogP contribution is 2.29. The Labute approximate surface area is 116 Å². The number of nitrogens with one attached hydrogen (secondary N) is 1. The molecule has 0 saturated heterocycles. The van der Waals surface area contributed by atoms with E-state index in [4.69, 9.17) is 5.10 Å². The van der Waals surface area contributed by atoms with Gasteiger partial charge in [-0.25, -0.2) is 0 Å². The van der Waals surface area contributed by atoms with Crippen molar-refractivity contribution in [2.75, 3.05) is 0 Å². The van der Waals surface area contributed by atoms with Gasteiger partial charge in [-0.3, -0.25) is 4.68 Å². The molecule has 1 aromatic heterocycles. The second-order valence-electron chi connectivity index (χ2n) is 6.64. The van der Waals surface area contributed by atoms with E-state index in [2.05, 4.69) is 36.1 Å². The average molecular weight is 261 g/mol. The van der Waals surface area contributed by atoms with Crippen molar-refractivity contribution in [2.24, 2.45) is 5.92 Å². The van der Waals surface area contributed by atoms with Crippen molar-refractivity contribution < 1.29 is 0 Å². The molecular formula is C16H27N3. The van der Waals surface area contributed by atoms with Crippen LogP contribution in [-0.4, -0.2) is 21.9 Å². The third kappa shape index (κ3) is 3.38. The van der Waals surface area contributed by atoms with Gasteiger partial charge in [-0.2, -0.15) is 5.10 Å². The smallest absolute Gasteiger partial charge is 0.0627 e. The number of nitrogens with zero attached hydrogens (tertiary/aromatic N) is 2. The molecule has 0 radical (unpaired) electrons. The summed E-state index contributed by atoms with van der Waals surface area (Å²) in [5.74, 6) is 0.660. The Morgan fingerprint density at radius 1 is 1.26 bits per heavy atom. The lowest BCUT2D eigenvalue weighted by Gasteiger charge is -2.20. The maximum Gasteiger partial charge on any atom is 0.0627 e. The third-order valence-corrected chi connectivity index (χ3v) is 4.82. The number of hydrogen-bond acceptors (Lipinski definition) is 2. The maximum absolute atomic E-state index is 4.80. The molecule has 3 heteroatoms. The normalized spacial score (nSPS) is 23.7. The SMILES string of the molecule is CC(Cc1ccn(C2CCCC2)n1)C(C)NC1CC1. The van der Waals surface area contributed by atoms with Crippen molar-refractivity contribution in [1.82, 2.24) is 15.1 Å². The van der Waals surface area contributed by atoms with Crippen molar-refractivity contribution in [1.29, 1.82) is 0 Å². The molecule has 0 aromatic carbocycles. The van der Waals surface area contributed by atoms with Gasteiger partial charge in [0.2, 0.25) is 0 Å². The van der Waals surface area contributed by atoms with Gasteiger partial charge in [0.1, 0.15) is 0 Å². The summed E-state index contributed by atoms with van der Waals surface area (Å²) < 4.78 is 2.22. The van der Waals surface area contributed by atoms with Crippen LogP contribution in [0.15, 0.2) is 12.3 Å². The molecule has 2 fully saturated rings. The molecule has 2 aliphatic rings. The Balaban J connectivity index is 1.53. The van der Waals surface area contributed by atoms with Gasteiger partial charge < -0.3 is 5.32 Å². The van der Waals surface area contributed by atoms with Crippen LogP contribution in [0.3, 0.4) is 0 Å². The first-order chi connectivity index (χ1) is 9.22. The summed E-state index contributed by atoms with van der Waals surface area (Å²) in [5, 5.41) is 8.50. The molecule has 19 heavy (non-hydrogen) atoms. The van der Waals surface area contributed by atoms with Crippen LogP contribution in [0.4, 0.5) is 0 Å². The van der Waals surface area contributed by atoms with Gasteiger partial charge in [0.05, 0.1) is 11.7 Å². The van der Waals surface area contributed by atoms with E-state index in [0.29, 0.717) is 18.0 Å². The lowest BCUT2D eigenvalue weighted by Crippen LogP contribution is -2.34. The largest absolute Gasteiger partial charge is 0.311 e. The molecule has 2 aliphatic carbocycles. The Morgan fingerprint density at radius 3 is 2.68 bits per heavy atom. The van der Waals surface area contributed by atoms with Crippen LogP contribution in [0.1, 0.15) is 64.1 Å². The number of hydrogen-bond donors (Lipinski definition) is 1. The Hall–Kier alpha value is -0.830. The van der Waals surface area contributed by atoms with Crippen molar-refractivity contribution >= 4 is 0 Å². The van der Waals surface area contributed by atoms with Crippen molar-refractivity contribution in [3.8, 4) is 0 Å². The van der Waals surface area contributed by atoms with Crippen molar-refractivity contribution in [2.45, 2.75) is 76.9 Å². The van der Waals surface area contributed by atoms with E-state index in [1.54, 1.807) is 0 Å². The van der Waals surface area contributed by atoms with Crippen molar-refractivity contribution in [3.05, 3.63) is 18.0 Å². The fourth-order valence-corrected chi connectivity index (χ4v) is 3.15. The van der Waals surface area contributed by atoms with E-state index in [1.165, 1.54) is 44.2 Å². The van der Waals surface area contributed by atoms with Crippen LogP contribution < -0.4 is 5.32 Å². The standard InChI is InChI=1S/C16H27N3/c1-12(13(2)17-14-7-8-14)11-15-9-10-19(18-15)16-5-3-4-6-16/h9-10,12-14,16-17H,3-8,11H2,1-2H3. The molecule has 0 spiro atoms. The topological polar surface area (TPSA) is 29.9 Å². The van der Waals surface area contributed by atoms with E-state index in [0.717, 1.165) is 12.5 Å². The lowest BCUT2D eigenvalue weighted by molar-refractivity contribution is 0.388. The molecule has 0 aliphatic heterocycles. The molecule has 0 amide bonds. The number of rotatable bonds is 6. The molecule has 106 valence electrons. The summed E-state index contributed by atoms with van der Waals surface area (Å²) in [5.41, 5.74) is 1.27. The van der Waals surface area contributed by atoms with Crippen LogP contribution in [0.25, 0.3) is 0 Å². The first-order valence-corrected chi connectivity index (χ1v) is 8.02. The zero-order valence-corrected chi connectivity index (χ0v) is 12.3. The monoisotopic (exact) mass is 261 g/mol. The fourth-order valence-electron chi connectivity index (χ4n) is 3.15. The lowest BCUT2D eigenvalue weighted by atomic mass is 9.98. The summed E-state index contributed by atoms with van der Waals surface area (Å²) in [6.45, 7) is 4.66. The summed E-state index contributed by atoms with van der Waals surface area (Å²) >= 11 is 0. The van der Waals surface area contributed by atoms with Crippen LogP contribution in [0.5, 0.6) is 0 Å². The fraction of sp³-hybridized carbons (Fsp3) is 0.812. The quantitative estimate of drug-likeness (QED) is 0.851. The first-order valence-electron chi connectivity index (χ1n) is 8.02. The summed E-state index contributed by atoms with van der Waals surface area (Å²) in [4.78, 5) is 0. The molecule has 1 heterocycles. The van der Waals surface area contributed by atoms with Crippen LogP contribution in [-0.2, 0) is 6.42 Å². The Kier molecular flexibility index (Phi) is 3.92. The molecular weight excluding hydrogens is 234 g/mol. The minimum atomic E-state index is 0.601. The van der Waals surface area contributed by atoms with E-state index in [-0.39, 0.29) is 0 Å². The molecule has 0 bridgehead atoms. The second-order valence-corrected chi connectivity index (χ2v) is 6.64. The van der Waals surface area contributed by atoms with Gasteiger partial charge >= 0.3 is 0 Å². The first kappa shape index (κ1) is 13.2. The highest BCUT2D eigenvalue weighted by molar-refractivity contribution is 5.02. The van der Waals surface area contributed by atoms with Crippen LogP contribution in [0.2, 0.25) is 0 Å². The minimum absolute atomic E-state index is 0.601. The predicted octanol–water partition coefficient (Wildman–Crippen LogP) is 3.32. The van der Waals surface area contributed by atoms with Crippen LogP contribution >= 0.6 is 0 Å². The van der Waals surface area contributed by atoms with Gasteiger partial charge in [-0.1, -0.05) is 19.8 Å². The molecule has 3 nitrogen and oxygen atoms in total. The molecule has 3 rings (SSSR count). The highest BCUT2D eigenvalue weighted by atomic mass is 15.3. The Morgan fingerprint density at radius 2 is 2.00 bits per heavy atom. The van der Waals surface area contributed by atoms with E-state index < -0.39 is 0 Å². The van der Waals surface area contributed by atoms with E-state index in [9.17, 15) is 0 Å². The molecule has 1 aromatic rings. The zero-order chi connectivity index (χ0) is 13.2. The Bertz CT molecular complexity index is 402. The van der Waals surface area contributed by atoms with E-state index >= 15 is 0 Å². The van der Waals surface area contributed by atoms with E-state index in [1.807, 2.05) is 0 Å². The van der Waals surface area contributed by atoms with Gasteiger partial charge in [0, 0.05) is 18.3 Å². The third-order valence-electron chi connectivity index (χ3n) is 4.82.